The van der Waals surface area contributed by atoms with Crippen molar-refractivity contribution in [2.75, 3.05) is 7.11 Å². The molecule has 1 aromatic heterocycles. The van der Waals surface area contributed by atoms with Gasteiger partial charge in [-0.15, -0.1) is 0 Å². The monoisotopic (exact) mass is 256 g/mol. The molecular weight excluding hydrogens is 240 g/mol. The lowest BCUT2D eigenvalue weighted by molar-refractivity contribution is 0.112. The summed E-state index contributed by atoms with van der Waals surface area (Å²) in [5, 5.41) is 0.882. The molecule has 3 heteroatoms. The minimum atomic E-state index is 0.313. The number of rotatable bonds is 2. The van der Waals surface area contributed by atoms with Crippen LogP contribution in [-0.2, 0) is 0 Å². The maximum absolute atomic E-state index is 11.6. The van der Waals surface area contributed by atoms with Gasteiger partial charge in [0, 0.05) is 16.5 Å². The summed E-state index contributed by atoms with van der Waals surface area (Å²) in [6.07, 6.45) is 7.71. The molecule has 0 bridgehead atoms. The smallest absolute Gasteiger partial charge is 0.177 e. The molecule has 0 fully saturated rings. The highest BCUT2D eigenvalue weighted by atomic mass is 16.5. The minimum absolute atomic E-state index is 0.313. The largest absolute Gasteiger partial charge is 0.492 e. The molecule has 0 aliphatic heterocycles. The van der Waals surface area contributed by atoms with Gasteiger partial charge >= 0.3 is 0 Å². The number of carbonyl (C=O) groups excluding carboxylic acids is 1. The average Bonchev–Trinajstić information content (AvgIpc) is 2.79. The van der Waals surface area contributed by atoms with Crippen molar-refractivity contribution in [3.05, 3.63) is 34.6 Å². The van der Waals surface area contributed by atoms with Crippen LogP contribution in [0.15, 0.2) is 16.8 Å². The highest BCUT2D eigenvalue weighted by Crippen LogP contribution is 2.44. The highest BCUT2D eigenvalue weighted by molar-refractivity contribution is 6.04. The molecule has 0 amide bonds. The molecule has 3 nitrogen and oxygen atoms in total. The molecule has 98 valence electrons. The number of methoxy groups -OCH3 is 1. The van der Waals surface area contributed by atoms with Crippen LogP contribution in [-0.4, -0.2) is 13.4 Å². The Morgan fingerprint density at radius 3 is 2.95 bits per heavy atom. The maximum atomic E-state index is 11.6. The fraction of sp³-hybridized carbons (Fsp3) is 0.312. The summed E-state index contributed by atoms with van der Waals surface area (Å²) in [4.78, 5) is 11.6. The van der Waals surface area contributed by atoms with Crippen molar-refractivity contribution in [2.45, 2.75) is 26.2 Å². The van der Waals surface area contributed by atoms with E-state index in [2.05, 4.69) is 13.0 Å². The topological polar surface area (TPSA) is 39.4 Å². The summed E-state index contributed by atoms with van der Waals surface area (Å²) in [7, 11) is 1.64. The number of furan rings is 1. The second-order valence-electron chi connectivity index (χ2n) is 5.05. The van der Waals surface area contributed by atoms with Crippen molar-refractivity contribution in [1.29, 1.82) is 0 Å². The lowest BCUT2D eigenvalue weighted by Crippen LogP contribution is -2.07. The van der Waals surface area contributed by atoms with E-state index >= 15 is 0 Å². The lowest BCUT2D eigenvalue weighted by Gasteiger charge is -2.22. The highest BCUT2D eigenvalue weighted by Gasteiger charge is 2.26. The molecule has 19 heavy (non-hydrogen) atoms. The molecule has 0 unspecified atom stereocenters. The Bertz CT molecular complexity index is 692. The first kappa shape index (κ1) is 12.0. The molecule has 1 aromatic carbocycles. The van der Waals surface area contributed by atoms with E-state index in [-0.39, 0.29) is 0 Å². The van der Waals surface area contributed by atoms with Gasteiger partial charge in [-0.05, 0) is 30.4 Å². The van der Waals surface area contributed by atoms with Gasteiger partial charge in [-0.1, -0.05) is 19.1 Å². The number of carbonyl (C=O) groups is 1. The van der Waals surface area contributed by atoms with Crippen LogP contribution in [0.25, 0.3) is 17.0 Å². The molecule has 1 aliphatic rings. The van der Waals surface area contributed by atoms with E-state index in [4.69, 9.17) is 9.15 Å². The predicted molar refractivity (Wildman–Crippen MR) is 75.0 cm³/mol. The van der Waals surface area contributed by atoms with Crippen LogP contribution in [0, 0.1) is 6.92 Å². The van der Waals surface area contributed by atoms with E-state index < -0.39 is 0 Å². The quantitative estimate of drug-likeness (QED) is 0.760. The summed E-state index contributed by atoms with van der Waals surface area (Å²) >= 11 is 0. The second kappa shape index (κ2) is 4.26. The van der Waals surface area contributed by atoms with Crippen molar-refractivity contribution >= 4 is 23.3 Å². The fourth-order valence-electron chi connectivity index (χ4n) is 3.00. The van der Waals surface area contributed by atoms with Crippen molar-refractivity contribution < 1.29 is 13.9 Å². The van der Waals surface area contributed by atoms with Crippen LogP contribution >= 0.6 is 0 Å². The first-order valence-electron chi connectivity index (χ1n) is 6.42. The molecule has 2 aromatic rings. The van der Waals surface area contributed by atoms with Crippen molar-refractivity contribution in [2.24, 2.45) is 0 Å². The molecule has 0 saturated carbocycles. The van der Waals surface area contributed by atoms with Crippen LogP contribution in [0.1, 0.15) is 46.3 Å². The molecule has 3 rings (SSSR count). The van der Waals surface area contributed by atoms with Gasteiger partial charge in [0.25, 0.3) is 0 Å². The van der Waals surface area contributed by atoms with E-state index in [1.165, 1.54) is 0 Å². The summed E-state index contributed by atoms with van der Waals surface area (Å²) in [6.45, 7) is 4.09. The van der Waals surface area contributed by atoms with Crippen molar-refractivity contribution in [1.82, 2.24) is 0 Å². The molecule has 0 saturated heterocycles. The second-order valence-corrected chi connectivity index (χ2v) is 5.05. The van der Waals surface area contributed by atoms with Gasteiger partial charge in [0.1, 0.15) is 0 Å². The summed E-state index contributed by atoms with van der Waals surface area (Å²) < 4.78 is 11.1. The Morgan fingerprint density at radius 1 is 1.47 bits per heavy atom. The molecular formula is C16H16O3. The van der Waals surface area contributed by atoms with Gasteiger partial charge in [-0.25, -0.2) is 0 Å². The zero-order valence-corrected chi connectivity index (χ0v) is 11.3. The summed E-state index contributed by atoms with van der Waals surface area (Å²) in [6, 6.07) is 0. The average molecular weight is 256 g/mol. The van der Waals surface area contributed by atoms with Crippen LogP contribution < -0.4 is 4.74 Å². The standard InChI is InChI=1S/C16H16O3/c1-9-5-4-6-11-13(9)12(7-17)14-10(2)8-19-16(14)15(11)18-3/h4,6-9H,5H2,1-3H3/t9-/m0/s1. The number of ether oxygens (including phenoxy) is 1. The third kappa shape index (κ3) is 1.54. The molecule has 0 radical (unpaired) electrons. The van der Waals surface area contributed by atoms with E-state index in [1.807, 2.05) is 13.0 Å². The number of hydrogen-bond acceptors (Lipinski definition) is 3. The van der Waals surface area contributed by atoms with E-state index in [0.29, 0.717) is 11.5 Å². The third-order valence-corrected chi connectivity index (χ3v) is 3.86. The number of fused-ring (bicyclic) bond motifs is 2. The number of aldehydes is 1. The van der Waals surface area contributed by atoms with E-state index in [9.17, 15) is 4.79 Å². The van der Waals surface area contributed by atoms with Gasteiger partial charge < -0.3 is 9.15 Å². The number of benzene rings is 1. The summed E-state index contributed by atoms with van der Waals surface area (Å²) in [5.74, 6) is 1.04. The van der Waals surface area contributed by atoms with Crippen LogP contribution in [0.2, 0.25) is 0 Å². The lowest BCUT2D eigenvalue weighted by atomic mass is 9.83. The zero-order chi connectivity index (χ0) is 13.6. The first-order valence-corrected chi connectivity index (χ1v) is 6.42. The Morgan fingerprint density at radius 2 is 2.26 bits per heavy atom. The van der Waals surface area contributed by atoms with Gasteiger partial charge in [0.2, 0.25) is 0 Å². The molecule has 1 aliphatic carbocycles. The van der Waals surface area contributed by atoms with Gasteiger partial charge in [0.15, 0.2) is 17.6 Å². The number of aryl methyl sites for hydroxylation is 1. The molecule has 0 N–H and O–H groups in total. The zero-order valence-electron chi connectivity index (χ0n) is 11.3. The van der Waals surface area contributed by atoms with Crippen molar-refractivity contribution in [3.8, 4) is 5.75 Å². The maximum Gasteiger partial charge on any atom is 0.177 e. The molecule has 1 heterocycles. The Balaban J connectivity index is 2.54. The molecule has 0 spiro atoms. The number of hydrogen-bond donors (Lipinski definition) is 0. The van der Waals surface area contributed by atoms with Gasteiger partial charge in [-0.2, -0.15) is 0 Å². The van der Waals surface area contributed by atoms with Crippen LogP contribution in [0.4, 0.5) is 0 Å². The van der Waals surface area contributed by atoms with Gasteiger partial charge in [-0.3, -0.25) is 4.79 Å². The first-order chi connectivity index (χ1) is 9.19. The fourth-order valence-corrected chi connectivity index (χ4v) is 3.00. The predicted octanol–water partition coefficient (Wildman–Crippen LogP) is 4.08. The van der Waals surface area contributed by atoms with Gasteiger partial charge in [0.05, 0.1) is 13.4 Å². The van der Waals surface area contributed by atoms with Crippen molar-refractivity contribution in [3.63, 3.8) is 0 Å². The van der Waals surface area contributed by atoms with E-state index in [0.717, 1.165) is 46.1 Å². The minimum Gasteiger partial charge on any atom is -0.492 e. The Kier molecular flexibility index (Phi) is 2.70. The van der Waals surface area contributed by atoms with Crippen LogP contribution in [0.3, 0.4) is 0 Å². The molecule has 1 atom stereocenters. The normalized spacial score (nSPS) is 17.5. The van der Waals surface area contributed by atoms with Crippen LogP contribution in [0.5, 0.6) is 5.75 Å². The van der Waals surface area contributed by atoms with E-state index in [1.54, 1.807) is 13.4 Å². The number of allylic oxidation sites excluding steroid dienone is 1. The SMILES string of the molecule is COc1c2c(c(C=O)c3c(C)coc13)[C@@H](C)CC=C2. The Hall–Kier alpha value is -2.03. The Labute approximate surface area is 111 Å². The third-order valence-electron chi connectivity index (χ3n) is 3.86. The summed E-state index contributed by atoms with van der Waals surface area (Å²) in [5.41, 5.74) is 4.44.